The Morgan fingerprint density at radius 2 is 1.96 bits per heavy atom. The normalized spacial score (nSPS) is 20.4. The van der Waals surface area contributed by atoms with E-state index in [0.29, 0.717) is 13.0 Å². The van der Waals surface area contributed by atoms with Gasteiger partial charge in [0.2, 0.25) is 0 Å². The second kappa shape index (κ2) is 7.17. The molecule has 25 heavy (non-hydrogen) atoms. The van der Waals surface area contributed by atoms with Crippen LogP contribution in [0, 0.1) is 5.92 Å². The molecule has 1 aromatic carbocycles. The topological polar surface area (TPSA) is 40.5 Å². The first-order valence-electron chi connectivity index (χ1n) is 8.03. The van der Waals surface area contributed by atoms with Gasteiger partial charge in [-0.2, -0.15) is 13.2 Å². The molecule has 0 bridgehead atoms. The Morgan fingerprint density at radius 1 is 1.24 bits per heavy atom. The molecule has 0 radical (unpaired) electrons. The Hall–Kier alpha value is -1.86. The highest BCUT2D eigenvalue weighted by Crippen LogP contribution is 2.36. The third-order valence-electron chi connectivity index (χ3n) is 4.53. The van der Waals surface area contributed by atoms with Crippen LogP contribution in [0.1, 0.15) is 34.9 Å². The van der Waals surface area contributed by atoms with E-state index in [-0.39, 0.29) is 6.04 Å². The van der Waals surface area contributed by atoms with Crippen LogP contribution in [-0.4, -0.2) is 29.1 Å². The zero-order valence-corrected chi connectivity index (χ0v) is 14.2. The first-order valence-corrected chi connectivity index (χ1v) is 8.91. The monoisotopic (exact) mass is 369 g/mol. The lowest BCUT2D eigenvalue weighted by atomic mass is 9.94. The van der Waals surface area contributed by atoms with Gasteiger partial charge >= 0.3 is 12.1 Å². The summed E-state index contributed by atoms with van der Waals surface area (Å²) in [6.45, 7) is 1.13. The molecule has 0 aliphatic carbocycles. The van der Waals surface area contributed by atoms with Crippen molar-refractivity contribution in [2.24, 2.45) is 5.92 Å². The number of aliphatic carboxylic acids is 1. The number of piperidine rings is 1. The summed E-state index contributed by atoms with van der Waals surface area (Å²) in [5.74, 6) is -1.26. The summed E-state index contributed by atoms with van der Waals surface area (Å²) >= 11 is 1.53. The first kappa shape index (κ1) is 17.9. The van der Waals surface area contributed by atoms with Crippen molar-refractivity contribution in [2.75, 3.05) is 13.1 Å². The van der Waals surface area contributed by atoms with Crippen molar-refractivity contribution < 1.29 is 23.1 Å². The lowest BCUT2D eigenvalue weighted by Crippen LogP contribution is -2.41. The van der Waals surface area contributed by atoms with Crippen LogP contribution >= 0.6 is 11.3 Å². The van der Waals surface area contributed by atoms with E-state index in [9.17, 15) is 23.1 Å². The highest BCUT2D eigenvalue weighted by atomic mass is 32.1. The van der Waals surface area contributed by atoms with Crippen LogP contribution in [0.4, 0.5) is 13.2 Å². The molecule has 0 amide bonds. The fourth-order valence-corrected chi connectivity index (χ4v) is 4.18. The van der Waals surface area contributed by atoms with E-state index >= 15 is 0 Å². The molecule has 0 spiro atoms. The Balaban J connectivity index is 1.92. The molecular weight excluding hydrogens is 351 g/mol. The van der Waals surface area contributed by atoms with Crippen molar-refractivity contribution in [3.05, 3.63) is 57.8 Å². The number of thiophene rings is 1. The van der Waals surface area contributed by atoms with Crippen molar-refractivity contribution >= 4 is 17.3 Å². The van der Waals surface area contributed by atoms with Crippen LogP contribution in [0.25, 0.3) is 0 Å². The van der Waals surface area contributed by atoms with Crippen molar-refractivity contribution in [2.45, 2.75) is 25.1 Å². The number of likely N-dealkylation sites (tertiary alicyclic amines) is 1. The lowest BCUT2D eigenvalue weighted by Gasteiger charge is -2.37. The molecule has 3 rings (SSSR count). The second-order valence-electron chi connectivity index (χ2n) is 6.21. The molecule has 7 heteroatoms. The summed E-state index contributed by atoms with van der Waals surface area (Å²) < 4.78 is 38.4. The molecule has 2 heterocycles. The zero-order valence-electron chi connectivity index (χ0n) is 13.4. The van der Waals surface area contributed by atoms with Crippen LogP contribution in [-0.2, 0) is 11.0 Å². The molecule has 1 fully saturated rings. The van der Waals surface area contributed by atoms with Crippen molar-refractivity contribution in [3.63, 3.8) is 0 Å². The van der Waals surface area contributed by atoms with Crippen molar-refractivity contribution in [3.8, 4) is 0 Å². The summed E-state index contributed by atoms with van der Waals surface area (Å²) in [6.07, 6.45) is -2.97. The highest BCUT2D eigenvalue weighted by molar-refractivity contribution is 7.10. The van der Waals surface area contributed by atoms with Crippen LogP contribution in [0.5, 0.6) is 0 Å². The molecule has 1 aromatic heterocycles. The number of halogens is 3. The summed E-state index contributed by atoms with van der Waals surface area (Å²) in [5.41, 5.74) is 0.0738. The molecule has 3 nitrogen and oxygen atoms in total. The highest BCUT2D eigenvalue weighted by Gasteiger charge is 2.33. The van der Waals surface area contributed by atoms with E-state index in [2.05, 4.69) is 4.90 Å². The number of hydrogen-bond acceptors (Lipinski definition) is 3. The smallest absolute Gasteiger partial charge is 0.416 e. The maximum absolute atomic E-state index is 12.8. The zero-order chi connectivity index (χ0) is 18.0. The number of carbonyl (C=O) groups is 1. The van der Waals surface area contributed by atoms with Gasteiger partial charge in [-0.15, -0.1) is 11.3 Å². The number of rotatable bonds is 4. The fraction of sp³-hybridized carbons (Fsp3) is 0.389. The number of hydrogen-bond donors (Lipinski definition) is 1. The molecule has 0 saturated carbocycles. The standard InChI is InChI=1S/C18H18F3NO2S/c19-18(20,21)14-7-5-12(6-8-14)16(15-4-2-10-25-15)22-9-1-3-13(11-22)17(23)24/h2,4-8,10,13,16H,1,3,9,11H2,(H,23,24). The van der Waals surface area contributed by atoms with Gasteiger partial charge in [-0.05, 0) is 48.5 Å². The van der Waals surface area contributed by atoms with Gasteiger partial charge in [0.05, 0.1) is 17.5 Å². The predicted octanol–water partition coefficient (Wildman–Crippen LogP) is 4.65. The van der Waals surface area contributed by atoms with Crippen molar-refractivity contribution in [1.29, 1.82) is 0 Å². The SMILES string of the molecule is O=C(O)C1CCCN(C(c2ccc(C(F)(F)F)cc2)c2cccs2)C1. The fourth-order valence-electron chi connectivity index (χ4n) is 3.30. The third kappa shape index (κ3) is 4.04. The molecule has 134 valence electrons. The largest absolute Gasteiger partial charge is 0.481 e. The molecule has 2 unspecified atom stereocenters. The minimum absolute atomic E-state index is 0.218. The van der Waals surface area contributed by atoms with E-state index in [1.54, 1.807) is 0 Å². The second-order valence-corrected chi connectivity index (χ2v) is 7.19. The van der Waals surface area contributed by atoms with Gasteiger partial charge in [0.15, 0.2) is 0 Å². The van der Waals surface area contributed by atoms with E-state index in [4.69, 9.17) is 0 Å². The third-order valence-corrected chi connectivity index (χ3v) is 5.46. The first-order chi connectivity index (χ1) is 11.9. The van der Waals surface area contributed by atoms with Gasteiger partial charge in [0.25, 0.3) is 0 Å². The van der Waals surface area contributed by atoms with Crippen LogP contribution < -0.4 is 0 Å². The van der Waals surface area contributed by atoms with Gasteiger partial charge in [-0.25, -0.2) is 0 Å². The number of carboxylic acid groups (broad SMARTS) is 1. The number of alkyl halides is 3. The van der Waals surface area contributed by atoms with Gasteiger partial charge in [-0.3, -0.25) is 9.69 Å². The van der Waals surface area contributed by atoms with Crippen molar-refractivity contribution in [1.82, 2.24) is 4.90 Å². The quantitative estimate of drug-likeness (QED) is 0.853. The molecule has 2 atom stereocenters. The average molecular weight is 369 g/mol. The Labute approximate surface area is 147 Å². The molecule has 1 aliphatic heterocycles. The van der Waals surface area contributed by atoms with Gasteiger partial charge in [0, 0.05) is 11.4 Å². The van der Waals surface area contributed by atoms with E-state index in [1.807, 2.05) is 17.5 Å². The van der Waals surface area contributed by atoms with E-state index in [0.717, 1.165) is 35.5 Å². The molecule has 1 saturated heterocycles. The van der Waals surface area contributed by atoms with Crippen LogP contribution in [0.2, 0.25) is 0 Å². The number of nitrogens with zero attached hydrogens (tertiary/aromatic N) is 1. The Bertz CT molecular complexity index is 713. The molecule has 2 aromatic rings. The lowest BCUT2D eigenvalue weighted by molar-refractivity contribution is -0.144. The maximum Gasteiger partial charge on any atom is 0.416 e. The summed E-state index contributed by atoms with van der Waals surface area (Å²) in [7, 11) is 0. The number of carboxylic acids is 1. The molecule has 1 aliphatic rings. The van der Waals surface area contributed by atoms with Gasteiger partial charge in [-0.1, -0.05) is 18.2 Å². The van der Waals surface area contributed by atoms with E-state index < -0.39 is 23.6 Å². The number of benzene rings is 1. The Kier molecular flexibility index (Phi) is 5.15. The molecule has 1 N–H and O–H groups in total. The van der Waals surface area contributed by atoms with Gasteiger partial charge in [0.1, 0.15) is 0 Å². The summed E-state index contributed by atoms with van der Waals surface area (Å²) in [5, 5.41) is 11.2. The Morgan fingerprint density at radius 3 is 2.52 bits per heavy atom. The van der Waals surface area contributed by atoms with Gasteiger partial charge < -0.3 is 5.11 Å². The summed E-state index contributed by atoms with van der Waals surface area (Å²) in [6, 6.07) is 8.80. The minimum Gasteiger partial charge on any atom is -0.481 e. The predicted molar refractivity (Wildman–Crippen MR) is 89.5 cm³/mol. The molecular formula is C18H18F3NO2S. The minimum atomic E-state index is -4.36. The summed E-state index contributed by atoms with van der Waals surface area (Å²) in [4.78, 5) is 14.4. The van der Waals surface area contributed by atoms with Crippen LogP contribution in [0.15, 0.2) is 41.8 Å². The van der Waals surface area contributed by atoms with E-state index in [1.165, 1.54) is 23.5 Å². The van der Waals surface area contributed by atoms with Crippen LogP contribution in [0.3, 0.4) is 0 Å². The average Bonchev–Trinajstić information content (AvgIpc) is 3.09. The maximum atomic E-state index is 12.8.